The Balaban J connectivity index is 2.19. The Bertz CT molecular complexity index is 615. The summed E-state index contributed by atoms with van der Waals surface area (Å²) in [5, 5.41) is 2.82. The molecule has 102 valence electrons. The normalized spacial score (nSPS) is 10.5. The van der Waals surface area contributed by atoms with Crippen molar-refractivity contribution in [2.45, 2.75) is 6.92 Å². The molecule has 1 N–H and O–H groups in total. The van der Waals surface area contributed by atoms with E-state index < -0.39 is 0 Å². The first-order valence-corrected chi connectivity index (χ1v) is 6.38. The van der Waals surface area contributed by atoms with Gasteiger partial charge in [-0.3, -0.25) is 4.79 Å². The summed E-state index contributed by atoms with van der Waals surface area (Å²) >= 11 is 0. The largest absolute Gasteiger partial charge is 0.497 e. The summed E-state index contributed by atoms with van der Waals surface area (Å²) < 4.78 is 5.12. The zero-order valence-electron chi connectivity index (χ0n) is 11.6. The number of rotatable bonds is 4. The lowest BCUT2D eigenvalue weighted by molar-refractivity contribution is -0.114. The fourth-order valence-corrected chi connectivity index (χ4v) is 1.85. The van der Waals surface area contributed by atoms with Gasteiger partial charge in [0.25, 0.3) is 0 Å². The van der Waals surface area contributed by atoms with E-state index in [1.165, 1.54) is 6.92 Å². The summed E-state index contributed by atoms with van der Waals surface area (Å²) in [5.41, 5.74) is 2.85. The quantitative estimate of drug-likeness (QED) is 0.855. The molecule has 0 saturated heterocycles. The van der Waals surface area contributed by atoms with Crippen LogP contribution in [0.1, 0.15) is 18.1 Å². The van der Waals surface area contributed by atoms with Crippen LogP contribution in [0.25, 0.3) is 12.2 Å². The predicted octanol–water partition coefficient (Wildman–Crippen LogP) is 3.82. The molecule has 0 aromatic heterocycles. The van der Waals surface area contributed by atoms with Gasteiger partial charge in [0.05, 0.1) is 7.11 Å². The molecule has 0 aliphatic heterocycles. The summed E-state index contributed by atoms with van der Waals surface area (Å²) in [5.74, 6) is 0.760. The molecule has 2 aromatic carbocycles. The summed E-state index contributed by atoms with van der Waals surface area (Å²) in [6.07, 6.45) is 3.98. The van der Waals surface area contributed by atoms with Gasteiger partial charge in [0.2, 0.25) is 5.91 Å². The highest BCUT2D eigenvalue weighted by Crippen LogP contribution is 2.19. The number of amides is 1. The average molecular weight is 267 g/mol. The summed E-state index contributed by atoms with van der Waals surface area (Å²) in [6.45, 7) is 1.50. The van der Waals surface area contributed by atoms with E-state index in [0.29, 0.717) is 0 Å². The van der Waals surface area contributed by atoms with Gasteiger partial charge in [-0.05, 0) is 29.3 Å². The Morgan fingerprint density at radius 2 is 1.75 bits per heavy atom. The molecular weight excluding hydrogens is 250 g/mol. The first-order valence-electron chi connectivity index (χ1n) is 6.38. The van der Waals surface area contributed by atoms with Crippen LogP contribution >= 0.6 is 0 Å². The van der Waals surface area contributed by atoms with E-state index in [1.807, 2.05) is 60.7 Å². The lowest BCUT2D eigenvalue weighted by Gasteiger charge is -2.06. The zero-order valence-corrected chi connectivity index (χ0v) is 11.6. The van der Waals surface area contributed by atoms with Crippen LogP contribution in [0.4, 0.5) is 5.69 Å². The van der Waals surface area contributed by atoms with E-state index >= 15 is 0 Å². The monoisotopic (exact) mass is 267 g/mol. The molecule has 1 amide bonds. The Kier molecular flexibility index (Phi) is 4.56. The number of hydrogen-bond donors (Lipinski definition) is 1. The van der Waals surface area contributed by atoms with E-state index in [0.717, 1.165) is 22.6 Å². The van der Waals surface area contributed by atoms with Gasteiger partial charge < -0.3 is 10.1 Å². The molecule has 20 heavy (non-hydrogen) atoms. The van der Waals surface area contributed by atoms with Crippen molar-refractivity contribution in [3.8, 4) is 5.75 Å². The predicted molar refractivity (Wildman–Crippen MR) is 82.7 cm³/mol. The molecule has 0 atom stereocenters. The van der Waals surface area contributed by atoms with Gasteiger partial charge in [-0.1, -0.05) is 42.5 Å². The fourth-order valence-electron chi connectivity index (χ4n) is 1.85. The highest BCUT2D eigenvalue weighted by atomic mass is 16.5. The third-order valence-electron chi connectivity index (χ3n) is 2.84. The second kappa shape index (κ2) is 6.57. The SMILES string of the molecule is COc1ccc(C=Cc2ccccc2NC(C)=O)cc1. The number of hydrogen-bond acceptors (Lipinski definition) is 2. The minimum atomic E-state index is -0.0738. The zero-order chi connectivity index (χ0) is 14.4. The topological polar surface area (TPSA) is 38.3 Å². The molecule has 0 saturated carbocycles. The van der Waals surface area contributed by atoms with Crippen molar-refractivity contribution in [3.63, 3.8) is 0 Å². The lowest BCUT2D eigenvalue weighted by atomic mass is 10.1. The minimum absolute atomic E-state index is 0.0738. The molecule has 0 spiro atoms. The van der Waals surface area contributed by atoms with Crippen molar-refractivity contribution in [2.75, 3.05) is 12.4 Å². The van der Waals surface area contributed by atoms with Gasteiger partial charge in [-0.2, -0.15) is 0 Å². The minimum Gasteiger partial charge on any atom is -0.497 e. The second-order valence-corrected chi connectivity index (χ2v) is 4.37. The molecule has 0 heterocycles. The smallest absolute Gasteiger partial charge is 0.221 e. The van der Waals surface area contributed by atoms with Crippen LogP contribution in [0.3, 0.4) is 0 Å². The van der Waals surface area contributed by atoms with Gasteiger partial charge in [0.15, 0.2) is 0 Å². The highest BCUT2D eigenvalue weighted by molar-refractivity contribution is 5.92. The summed E-state index contributed by atoms with van der Waals surface area (Å²) in [7, 11) is 1.65. The Morgan fingerprint density at radius 1 is 1.05 bits per heavy atom. The van der Waals surface area contributed by atoms with E-state index in [9.17, 15) is 4.79 Å². The fraction of sp³-hybridized carbons (Fsp3) is 0.118. The van der Waals surface area contributed by atoms with Crippen molar-refractivity contribution < 1.29 is 9.53 Å². The van der Waals surface area contributed by atoms with Gasteiger partial charge in [0.1, 0.15) is 5.75 Å². The number of carbonyl (C=O) groups is 1. The lowest BCUT2D eigenvalue weighted by Crippen LogP contribution is -2.06. The average Bonchev–Trinajstić information content (AvgIpc) is 2.46. The van der Waals surface area contributed by atoms with E-state index in [-0.39, 0.29) is 5.91 Å². The van der Waals surface area contributed by atoms with E-state index in [1.54, 1.807) is 7.11 Å². The first-order chi connectivity index (χ1) is 9.69. The maximum Gasteiger partial charge on any atom is 0.221 e. The van der Waals surface area contributed by atoms with Gasteiger partial charge >= 0.3 is 0 Å². The molecule has 0 fully saturated rings. The van der Waals surface area contributed by atoms with Crippen LogP contribution in [0.2, 0.25) is 0 Å². The first kappa shape index (κ1) is 13.9. The highest BCUT2D eigenvalue weighted by Gasteiger charge is 1.99. The number of carbonyl (C=O) groups excluding carboxylic acids is 1. The van der Waals surface area contributed by atoms with Crippen LogP contribution in [0, 0.1) is 0 Å². The maximum absolute atomic E-state index is 11.2. The Morgan fingerprint density at radius 3 is 2.40 bits per heavy atom. The molecule has 0 radical (unpaired) electrons. The molecule has 0 aliphatic rings. The van der Waals surface area contributed by atoms with Crippen LogP contribution in [0.5, 0.6) is 5.75 Å². The maximum atomic E-state index is 11.2. The molecule has 0 bridgehead atoms. The van der Waals surface area contributed by atoms with Crippen LogP contribution in [-0.2, 0) is 4.79 Å². The van der Waals surface area contributed by atoms with Gasteiger partial charge in [-0.25, -0.2) is 0 Å². The van der Waals surface area contributed by atoms with Gasteiger partial charge in [0, 0.05) is 12.6 Å². The molecule has 3 nitrogen and oxygen atoms in total. The van der Waals surface area contributed by atoms with Gasteiger partial charge in [-0.15, -0.1) is 0 Å². The summed E-state index contributed by atoms with van der Waals surface area (Å²) in [6, 6.07) is 15.5. The van der Waals surface area contributed by atoms with E-state index in [2.05, 4.69) is 5.32 Å². The molecule has 0 unspecified atom stereocenters. The van der Waals surface area contributed by atoms with Crippen molar-refractivity contribution in [2.24, 2.45) is 0 Å². The van der Waals surface area contributed by atoms with Crippen molar-refractivity contribution in [3.05, 3.63) is 59.7 Å². The number of methoxy groups -OCH3 is 1. The molecule has 2 aromatic rings. The number of anilines is 1. The Hall–Kier alpha value is -2.55. The molecule has 0 aliphatic carbocycles. The third-order valence-corrected chi connectivity index (χ3v) is 2.84. The van der Waals surface area contributed by atoms with Crippen molar-refractivity contribution in [1.29, 1.82) is 0 Å². The van der Waals surface area contributed by atoms with Crippen molar-refractivity contribution in [1.82, 2.24) is 0 Å². The van der Waals surface area contributed by atoms with Crippen LogP contribution < -0.4 is 10.1 Å². The third kappa shape index (κ3) is 3.72. The van der Waals surface area contributed by atoms with Crippen molar-refractivity contribution >= 4 is 23.7 Å². The van der Waals surface area contributed by atoms with E-state index in [4.69, 9.17) is 4.74 Å². The van der Waals surface area contributed by atoms with Crippen LogP contribution in [-0.4, -0.2) is 13.0 Å². The molecule has 3 heteroatoms. The standard InChI is InChI=1S/C17H17NO2/c1-13(19)18-17-6-4-3-5-15(17)10-7-14-8-11-16(20-2)12-9-14/h3-12H,1-2H3,(H,18,19). The number of ether oxygens (including phenoxy) is 1. The molecular formula is C17H17NO2. The summed E-state index contributed by atoms with van der Waals surface area (Å²) in [4.78, 5) is 11.2. The van der Waals surface area contributed by atoms with Crippen LogP contribution in [0.15, 0.2) is 48.5 Å². The number of nitrogens with one attached hydrogen (secondary N) is 1. The number of benzene rings is 2. The molecule has 2 rings (SSSR count). The number of para-hydroxylation sites is 1. The second-order valence-electron chi connectivity index (χ2n) is 4.37. The Labute approximate surface area is 118 Å².